The van der Waals surface area contributed by atoms with E-state index >= 15 is 0 Å². The highest BCUT2D eigenvalue weighted by atomic mass is 32.2. The Hall–Kier alpha value is -2.34. The monoisotopic (exact) mass is 388 g/mol. The van der Waals surface area contributed by atoms with Crippen LogP contribution in [-0.4, -0.2) is 45.6 Å². The molecule has 1 amide bonds. The standard InChI is InChI=1S/C21H28N2O3S/c1-5-23(6-2)20-13-9-17(10-14-20)15-22(3)21(24)19-11-7-18(8-12-19)16-27(4,25)26/h7-14H,5-6,15-16H2,1-4H3. The summed E-state index contributed by atoms with van der Waals surface area (Å²) >= 11 is 0. The van der Waals surface area contributed by atoms with Crippen molar-refractivity contribution in [2.75, 3.05) is 31.3 Å². The molecule has 0 heterocycles. The molecule has 2 aromatic rings. The van der Waals surface area contributed by atoms with Gasteiger partial charge in [0.15, 0.2) is 9.84 Å². The fourth-order valence-corrected chi connectivity index (χ4v) is 3.81. The van der Waals surface area contributed by atoms with Crippen LogP contribution in [0, 0.1) is 0 Å². The Balaban J connectivity index is 2.02. The summed E-state index contributed by atoms with van der Waals surface area (Å²) in [7, 11) is -1.31. The molecular weight excluding hydrogens is 360 g/mol. The van der Waals surface area contributed by atoms with Crippen molar-refractivity contribution < 1.29 is 13.2 Å². The minimum Gasteiger partial charge on any atom is -0.372 e. The van der Waals surface area contributed by atoms with Gasteiger partial charge in [0.05, 0.1) is 5.75 Å². The van der Waals surface area contributed by atoms with Crippen LogP contribution in [0.25, 0.3) is 0 Å². The fourth-order valence-electron chi connectivity index (χ4n) is 3.01. The van der Waals surface area contributed by atoms with Crippen LogP contribution < -0.4 is 4.90 Å². The van der Waals surface area contributed by atoms with E-state index in [4.69, 9.17) is 0 Å². The maximum atomic E-state index is 12.6. The number of hydrogen-bond donors (Lipinski definition) is 0. The summed E-state index contributed by atoms with van der Waals surface area (Å²) in [6.07, 6.45) is 1.20. The first-order valence-electron chi connectivity index (χ1n) is 9.09. The molecule has 2 rings (SSSR count). The molecule has 0 aliphatic heterocycles. The quantitative estimate of drug-likeness (QED) is 0.696. The fraction of sp³-hybridized carbons (Fsp3) is 0.381. The Morgan fingerprint density at radius 3 is 1.89 bits per heavy atom. The third kappa shape index (κ3) is 6.10. The molecule has 146 valence electrons. The zero-order chi connectivity index (χ0) is 20.0. The summed E-state index contributed by atoms with van der Waals surface area (Å²) in [5.74, 6) is -0.107. The van der Waals surface area contributed by atoms with Crippen molar-refractivity contribution in [3.63, 3.8) is 0 Å². The number of rotatable bonds is 8. The molecule has 0 aliphatic carbocycles. The van der Waals surface area contributed by atoms with E-state index in [1.165, 1.54) is 11.9 Å². The summed E-state index contributed by atoms with van der Waals surface area (Å²) in [6, 6.07) is 15.0. The lowest BCUT2D eigenvalue weighted by Gasteiger charge is -2.22. The summed E-state index contributed by atoms with van der Waals surface area (Å²) < 4.78 is 22.7. The van der Waals surface area contributed by atoms with Crippen molar-refractivity contribution in [1.82, 2.24) is 4.90 Å². The lowest BCUT2D eigenvalue weighted by molar-refractivity contribution is 0.0785. The third-order valence-corrected chi connectivity index (χ3v) is 5.32. The molecule has 2 aromatic carbocycles. The van der Waals surface area contributed by atoms with Crippen LogP contribution in [0.5, 0.6) is 0 Å². The van der Waals surface area contributed by atoms with Gasteiger partial charge in [-0.3, -0.25) is 4.79 Å². The maximum Gasteiger partial charge on any atom is 0.253 e. The predicted molar refractivity (Wildman–Crippen MR) is 111 cm³/mol. The van der Waals surface area contributed by atoms with E-state index in [9.17, 15) is 13.2 Å². The Kier molecular flexibility index (Phi) is 7.02. The highest BCUT2D eigenvalue weighted by Gasteiger charge is 2.13. The first-order chi connectivity index (χ1) is 12.7. The van der Waals surface area contributed by atoms with Gasteiger partial charge < -0.3 is 9.80 Å². The summed E-state index contributed by atoms with van der Waals surface area (Å²) in [4.78, 5) is 16.6. The van der Waals surface area contributed by atoms with E-state index in [-0.39, 0.29) is 11.7 Å². The smallest absolute Gasteiger partial charge is 0.253 e. The number of sulfone groups is 1. The number of carbonyl (C=O) groups excluding carboxylic acids is 1. The molecule has 5 nitrogen and oxygen atoms in total. The SMILES string of the molecule is CCN(CC)c1ccc(CN(C)C(=O)c2ccc(CS(C)(=O)=O)cc2)cc1. The normalized spacial score (nSPS) is 11.3. The molecule has 0 bridgehead atoms. The first kappa shape index (κ1) is 21.0. The Labute approximate surface area is 162 Å². The van der Waals surface area contributed by atoms with E-state index in [1.807, 2.05) is 12.1 Å². The topological polar surface area (TPSA) is 57.7 Å². The molecule has 0 saturated heterocycles. The zero-order valence-corrected chi connectivity index (χ0v) is 17.3. The Bertz CT molecular complexity index is 855. The van der Waals surface area contributed by atoms with Crippen molar-refractivity contribution in [2.24, 2.45) is 0 Å². The maximum absolute atomic E-state index is 12.6. The first-order valence-corrected chi connectivity index (χ1v) is 11.2. The molecule has 0 aromatic heterocycles. The van der Waals surface area contributed by atoms with Crippen molar-refractivity contribution in [3.05, 3.63) is 65.2 Å². The second kappa shape index (κ2) is 9.04. The second-order valence-corrected chi connectivity index (χ2v) is 8.91. The molecule has 0 N–H and O–H groups in total. The summed E-state index contributed by atoms with van der Waals surface area (Å²) in [6.45, 7) is 6.70. The average Bonchev–Trinajstić information content (AvgIpc) is 2.63. The van der Waals surface area contributed by atoms with Gasteiger partial charge in [-0.05, 0) is 49.2 Å². The van der Waals surface area contributed by atoms with Crippen LogP contribution in [0.2, 0.25) is 0 Å². The lowest BCUT2D eigenvalue weighted by Crippen LogP contribution is -2.26. The number of hydrogen-bond acceptors (Lipinski definition) is 4. The molecule has 6 heteroatoms. The van der Waals surface area contributed by atoms with Crippen LogP contribution in [0.1, 0.15) is 35.3 Å². The van der Waals surface area contributed by atoms with Gasteiger partial charge in [0.25, 0.3) is 5.91 Å². The van der Waals surface area contributed by atoms with Gasteiger partial charge in [-0.15, -0.1) is 0 Å². The summed E-state index contributed by atoms with van der Waals surface area (Å²) in [5.41, 5.74) is 3.48. The highest BCUT2D eigenvalue weighted by Crippen LogP contribution is 2.17. The van der Waals surface area contributed by atoms with Gasteiger partial charge in [0, 0.05) is 44.2 Å². The number of nitrogens with zero attached hydrogens (tertiary/aromatic N) is 2. The molecule has 0 fully saturated rings. The number of amides is 1. The molecule has 0 spiro atoms. The Morgan fingerprint density at radius 2 is 1.41 bits per heavy atom. The van der Waals surface area contributed by atoms with Gasteiger partial charge in [-0.1, -0.05) is 24.3 Å². The minimum atomic E-state index is -3.08. The number of carbonyl (C=O) groups is 1. The van der Waals surface area contributed by atoms with Crippen molar-refractivity contribution >= 4 is 21.4 Å². The van der Waals surface area contributed by atoms with Crippen LogP contribution in [-0.2, 0) is 22.1 Å². The molecule has 0 aliphatic rings. The largest absolute Gasteiger partial charge is 0.372 e. The van der Waals surface area contributed by atoms with Gasteiger partial charge in [-0.25, -0.2) is 8.42 Å². The Morgan fingerprint density at radius 1 is 0.889 bits per heavy atom. The molecule has 0 saturated carbocycles. The third-order valence-electron chi connectivity index (χ3n) is 4.46. The predicted octanol–water partition coefficient (Wildman–Crippen LogP) is 3.35. The van der Waals surface area contributed by atoms with E-state index in [1.54, 1.807) is 36.2 Å². The van der Waals surface area contributed by atoms with Crippen molar-refractivity contribution in [3.8, 4) is 0 Å². The summed E-state index contributed by atoms with van der Waals surface area (Å²) in [5, 5.41) is 0. The van der Waals surface area contributed by atoms with Crippen molar-refractivity contribution in [1.29, 1.82) is 0 Å². The van der Waals surface area contributed by atoms with Crippen LogP contribution >= 0.6 is 0 Å². The van der Waals surface area contributed by atoms with E-state index < -0.39 is 9.84 Å². The van der Waals surface area contributed by atoms with Crippen LogP contribution in [0.4, 0.5) is 5.69 Å². The van der Waals surface area contributed by atoms with Crippen LogP contribution in [0.15, 0.2) is 48.5 Å². The van der Waals surface area contributed by atoms with E-state index in [0.717, 1.165) is 18.7 Å². The van der Waals surface area contributed by atoms with E-state index in [2.05, 4.69) is 30.9 Å². The van der Waals surface area contributed by atoms with Gasteiger partial charge in [0.2, 0.25) is 0 Å². The molecule has 0 atom stereocenters. The molecule has 0 radical (unpaired) electrons. The minimum absolute atomic E-state index is 0.0177. The van der Waals surface area contributed by atoms with Crippen LogP contribution in [0.3, 0.4) is 0 Å². The molecular formula is C21H28N2O3S. The molecule has 27 heavy (non-hydrogen) atoms. The van der Waals surface area contributed by atoms with Gasteiger partial charge >= 0.3 is 0 Å². The van der Waals surface area contributed by atoms with E-state index in [0.29, 0.717) is 17.7 Å². The highest BCUT2D eigenvalue weighted by molar-refractivity contribution is 7.89. The average molecular weight is 389 g/mol. The van der Waals surface area contributed by atoms with Gasteiger partial charge in [0.1, 0.15) is 0 Å². The molecule has 0 unspecified atom stereocenters. The lowest BCUT2D eigenvalue weighted by atomic mass is 10.1. The number of benzene rings is 2. The zero-order valence-electron chi connectivity index (χ0n) is 16.5. The van der Waals surface area contributed by atoms with Crippen molar-refractivity contribution in [2.45, 2.75) is 26.1 Å². The number of anilines is 1. The van der Waals surface area contributed by atoms with Gasteiger partial charge in [-0.2, -0.15) is 0 Å². The second-order valence-electron chi connectivity index (χ2n) is 6.77.